The van der Waals surface area contributed by atoms with Crippen LogP contribution in [-0.4, -0.2) is 31.0 Å². The van der Waals surface area contributed by atoms with Crippen LogP contribution in [0, 0.1) is 0 Å². The number of likely N-dealkylation sites (N-methyl/N-ethyl adjacent to an activating group) is 1. The Labute approximate surface area is 99.4 Å². The quantitative estimate of drug-likeness (QED) is 0.725. The average molecular weight is 229 g/mol. The SMILES string of the molecule is CNC[C@H]1CNC(=O)c2cccc3[nH]cc1c23. The molecule has 0 fully saturated rings. The maximum absolute atomic E-state index is 12.0. The number of amides is 1. The number of carbonyl (C=O) groups excluding carboxylic acids is 1. The molecule has 0 spiro atoms. The molecule has 1 atom stereocenters. The molecule has 1 amide bonds. The van der Waals surface area contributed by atoms with E-state index < -0.39 is 0 Å². The lowest BCUT2D eigenvalue weighted by Crippen LogP contribution is -2.30. The van der Waals surface area contributed by atoms with Crippen molar-refractivity contribution in [1.29, 1.82) is 0 Å². The minimum absolute atomic E-state index is 0.0232. The van der Waals surface area contributed by atoms with Crippen molar-refractivity contribution in [2.75, 3.05) is 20.1 Å². The van der Waals surface area contributed by atoms with Gasteiger partial charge in [0, 0.05) is 41.7 Å². The Morgan fingerprint density at radius 2 is 2.35 bits per heavy atom. The van der Waals surface area contributed by atoms with Crippen LogP contribution >= 0.6 is 0 Å². The Hall–Kier alpha value is -1.81. The van der Waals surface area contributed by atoms with Crippen LogP contribution in [0.3, 0.4) is 0 Å². The van der Waals surface area contributed by atoms with Crippen LogP contribution in [0.15, 0.2) is 24.4 Å². The first-order chi connectivity index (χ1) is 8.31. The molecule has 3 N–H and O–H groups in total. The van der Waals surface area contributed by atoms with Gasteiger partial charge in [0.1, 0.15) is 0 Å². The van der Waals surface area contributed by atoms with Crippen LogP contribution in [0.1, 0.15) is 21.8 Å². The molecule has 17 heavy (non-hydrogen) atoms. The number of hydrogen-bond acceptors (Lipinski definition) is 2. The van der Waals surface area contributed by atoms with E-state index in [4.69, 9.17) is 0 Å². The Morgan fingerprint density at radius 1 is 1.47 bits per heavy atom. The third kappa shape index (κ3) is 1.52. The summed E-state index contributed by atoms with van der Waals surface area (Å²) >= 11 is 0. The van der Waals surface area contributed by atoms with Crippen molar-refractivity contribution >= 4 is 16.8 Å². The number of hydrogen-bond donors (Lipinski definition) is 3. The summed E-state index contributed by atoms with van der Waals surface area (Å²) in [6.45, 7) is 1.54. The Kier molecular flexibility index (Phi) is 2.37. The van der Waals surface area contributed by atoms with Crippen LogP contribution < -0.4 is 10.6 Å². The number of rotatable bonds is 2. The van der Waals surface area contributed by atoms with E-state index in [9.17, 15) is 4.79 Å². The molecule has 1 aromatic heterocycles. The van der Waals surface area contributed by atoms with Gasteiger partial charge in [-0.2, -0.15) is 0 Å². The molecule has 4 heteroatoms. The van der Waals surface area contributed by atoms with E-state index >= 15 is 0 Å². The van der Waals surface area contributed by atoms with Crippen molar-refractivity contribution in [1.82, 2.24) is 15.6 Å². The summed E-state index contributed by atoms with van der Waals surface area (Å²) in [5.41, 5.74) is 3.04. The Bertz CT molecular complexity index is 573. The summed E-state index contributed by atoms with van der Waals surface area (Å²) in [6, 6.07) is 5.81. The number of carbonyl (C=O) groups is 1. The van der Waals surface area contributed by atoms with Gasteiger partial charge in [-0.3, -0.25) is 4.79 Å². The molecule has 0 unspecified atom stereocenters. The smallest absolute Gasteiger partial charge is 0.251 e. The molecule has 1 aromatic carbocycles. The zero-order valence-electron chi connectivity index (χ0n) is 9.71. The lowest BCUT2D eigenvalue weighted by molar-refractivity contribution is 0.0954. The first-order valence-corrected chi connectivity index (χ1v) is 5.84. The standard InChI is InChI=1S/C13H15N3O/c1-14-5-8-6-16-13(17)9-3-2-4-11-12(9)10(8)7-15-11/h2-4,7-8,14-15H,5-6H2,1H3,(H,16,17)/t8-/m0/s1. The van der Waals surface area contributed by atoms with Crippen LogP contribution in [0.25, 0.3) is 10.9 Å². The zero-order valence-corrected chi connectivity index (χ0v) is 9.71. The van der Waals surface area contributed by atoms with Gasteiger partial charge in [-0.15, -0.1) is 0 Å². The highest BCUT2D eigenvalue weighted by molar-refractivity contribution is 6.08. The van der Waals surface area contributed by atoms with E-state index in [0.29, 0.717) is 12.5 Å². The maximum Gasteiger partial charge on any atom is 0.251 e. The van der Waals surface area contributed by atoms with Gasteiger partial charge in [0.15, 0.2) is 0 Å². The summed E-state index contributed by atoms with van der Waals surface area (Å²) < 4.78 is 0. The number of nitrogens with one attached hydrogen (secondary N) is 3. The number of benzene rings is 1. The van der Waals surface area contributed by atoms with Crippen LogP contribution in [0.2, 0.25) is 0 Å². The molecule has 0 saturated heterocycles. The van der Waals surface area contributed by atoms with Crippen LogP contribution in [-0.2, 0) is 0 Å². The van der Waals surface area contributed by atoms with Gasteiger partial charge in [0.05, 0.1) is 0 Å². The van der Waals surface area contributed by atoms with E-state index in [1.54, 1.807) is 0 Å². The summed E-state index contributed by atoms with van der Waals surface area (Å²) in [5, 5.41) is 7.23. The van der Waals surface area contributed by atoms with Crippen molar-refractivity contribution in [2.45, 2.75) is 5.92 Å². The third-order valence-corrected chi connectivity index (χ3v) is 3.38. The number of aromatic amines is 1. The van der Waals surface area contributed by atoms with E-state index in [-0.39, 0.29) is 5.91 Å². The lowest BCUT2D eigenvalue weighted by atomic mass is 9.97. The number of aromatic nitrogens is 1. The highest BCUT2D eigenvalue weighted by Gasteiger charge is 2.24. The Morgan fingerprint density at radius 3 is 3.18 bits per heavy atom. The first-order valence-electron chi connectivity index (χ1n) is 5.84. The highest BCUT2D eigenvalue weighted by Crippen LogP contribution is 2.30. The van der Waals surface area contributed by atoms with Crippen molar-refractivity contribution < 1.29 is 4.79 Å². The fourth-order valence-corrected chi connectivity index (χ4v) is 2.57. The molecule has 0 radical (unpaired) electrons. The Balaban J connectivity index is 2.24. The molecule has 2 heterocycles. The molecule has 0 bridgehead atoms. The lowest BCUT2D eigenvalue weighted by Gasteiger charge is -2.13. The molecule has 4 nitrogen and oxygen atoms in total. The molecule has 0 saturated carbocycles. The third-order valence-electron chi connectivity index (χ3n) is 3.38. The van der Waals surface area contributed by atoms with E-state index in [0.717, 1.165) is 23.0 Å². The second-order valence-electron chi connectivity index (χ2n) is 4.44. The fraction of sp³-hybridized carbons (Fsp3) is 0.308. The summed E-state index contributed by atoms with van der Waals surface area (Å²) in [7, 11) is 1.93. The van der Waals surface area contributed by atoms with Gasteiger partial charge in [0.2, 0.25) is 0 Å². The van der Waals surface area contributed by atoms with Crippen molar-refractivity contribution in [3.63, 3.8) is 0 Å². The van der Waals surface area contributed by atoms with Crippen molar-refractivity contribution in [2.24, 2.45) is 0 Å². The highest BCUT2D eigenvalue weighted by atomic mass is 16.1. The molecule has 1 aliphatic heterocycles. The minimum atomic E-state index is 0.0232. The molecule has 2 aromatic rings. The summed E-state index contributed by atoms with van der Waals surface area (Å²) in [5.74, 6) is 0.344. The van der Waals surface area contributed by atoms with E-state index in [1.165, 1.54) is 5.56 Å². The van der Waals surface area contributed by atoms with Gasteiger partial charge >= 0.3 is 0 Å². The normalized spacial score (nSPS) is 19.1. The predicted octanol–water partition coefficient (Wildman–Crippen LogP) is 1.21. The maximum atomic E-state index is 12.0. The van der Waals surface area contributed by atoms with Crippen molar-refractivity contribution in [3.8, 4) is 0 Å². The van der Waals surface area contributed by atoms with Crippen LogP contribution in [0.5, 0.6) is 0 Å². The average Bonchev–Trinajstić information content (AvgIpc) is 2.72. The minimum Gasteiger partial charge on any atom is -0.361 e. The summed E-state index contributed by atoms with van der Waals surface area (Å²) in [6.07, 6.45) is 2.02. The van der Waals surface area contributed by atoms with Gasteiger partial charge in [-0.1, -0.05) is 6.07 Å². The van der Waals surface area contributed by atoms with Crippen molar-refractivity contribution in [3.05, 3.63) is 35.5 Å². The predicted molar refractivity (Wildman–Crippen MR) is 67.3 cm³/mol. The van der Waals surface area contributed by atoms with E-state index in [1.807, 2.05) is 31.4 Å². The molecule has 0 aliphatic carbocycles. The van der Waals surface area contributed by atoms with Crippen LogP contribution in [0.4, 0.5) is 0 Å². The van der Waals surface area contributed by atoms with Gasteiger partial charge in [0.25, 0.3) is 5.91 Å². The van der Waals surface area contributed by atoms with Gasteiger partial charge < -0.3 is 15.6 Å². The van der Waals surface area contributed by atoms with E-state index in [2.05, 4.69) is 15.6 Å². The largest absolute Gasteiger partial charge is 0.361 e. The first kappa shape index (κ1) is 10.4. The zero-order chi connectivity index (χ0) is 11.8. The second-order valence-corrected chi connectivity index (χ2v) is 4.44. The molecular weight excluding hydrogens is 214 g/mol. The molecule has 3 rings (SSSR count). The second kappa shape index (κ2) is 3.89. The molecular formula is C13H15N3O. The molecule has 88 valence electrons. The monoisotopic (exact) mass is 229 g/mol. The fourth-order valence-electron chi connectivity index (χ4n) is 2.57. The van der Waals surface area contributed by atoms with Gasteiger partial charge in [-0.05, 0) is 24.7 Å². The topological polar surface area (TPSA) is 56.9 Å². The summed E-state index contributed by atoms with van der Waals surface area (Å²) in [4.78, 5) is 15.2. The van der Waals surface area contributed by atoms with Gasteiger partial charge in [-0.25, -0.2) is 0 Å². The number of H-pyrrole nitrogens is 1. The molecule has 1 aliphatic rings.